The van der Waals surface area contributed by atoms with Crippen LogP contribution in [-0.4, -0.2) is 57.0 Å². The van der Waals surface area contributed by atoms with E-state index in [0.717, 1.165) is 5.52 Å². The van der Waals surface area contributed by atoms with E-state index in [4.69, 9.17) is 9.15 Å². The van der Waals surface area contributed by atoms with E-state index in [2.05, 4.69) is 20.6 Å². The van der Waals surface area contributed by atoms with Gasteiger partial charge in [-0.15, -0.1) is 5.10 Å². The minimum absolute atomic E-state index is 0.0721. The molecule has 4 aromatic rings. The number of carbonyl (C=O) groups is 2. The molecule has 10 nitrogen and oxygen atoms in total. The third kappa shape index (κ3) is 5.24. The van der Waals surface area contributed by atoms with Crippen molar-refractivity contribution in [1.29, 1.82) is 0 Å². The molecule has 33 heavy (non-hydrogen) atoms. The molecule has 0 aliphatic rings. The Bertz CT molecular complexity index is 1190. The second-order valence-electron chi connectivity index (χ2n) is 7.30. The van der Waals surface area contributed by atoms with Crippen LogP contribution in [0, 0.1) is 0 Å². The molecule has 1 atom stereocenters. The van der Waals surface area contributed by atoms with Crippen LogP contribution in [0.4, 0.5) is 0 Å². The summed E-state index contributed by atoms with van der Waals surface area (Å²) in [4.78, 5) is 32.3. The van der Waals surface area contributed by atoms with Crippen molar-refractivity contribution in [1.82, 2.24) is 30.2 Å². The molecule has 3 heterocycles. The number of amides is 2. The number of aromatic nitrogens is 4. The second-order valence-corrected chi connectivity index (χ2v) is 7.30. The van der Waals surface area contributed by atoms with Crippen LogP contribution in [-0.2, 0) is 27.4 Å². The van der Waals surface area contributed by atoms with E-state index >= 15 is 0 Å². The maximum absolute atomic E-state index is 13.5. The fourth-order valence-electron chi connectivity index (χ4n) is 3.54. The van der Waals surface area contributed by atoms with E-state index < -0.39 is 6.04 Å². The lowest BCUT2D eigenvalue weighted by molar-refractivity contribution is -0.142. The van der Waals surface area contributed by atoms with E-state index in [-0.39, 0.29) is 38.1 Å². The first-order valence-electron chi connectivity index (χ1n) is 10.4. The van der Waals surface area contributed by atoms with Gasteiger partial charge < -0.3 is 19.4 Å². The van der Waals surface area contributed by atoms with Crippen LogP contribution >= 0.6 is 0 Å². The quantitative estimate of drug-likeness (QED) is 0.394. The maximum Gasteiger partial charge on any atom is 0.247 e. The highest BCUT2D eigenvalue weighted by atomic mass is 16.5. The summed E-state index contributed by atoms with van der Waals surface area (Å²) in [6.07, 6.45) is 4.72. The number of furan rings is 1. The topological polar surface area (TPSA) is 115 Å². The highest BCUT2D eigenvalue weighted by molar-refractivity contribution is 5.89. The highest BCUT2D eigenvalue weighted by Crippen LogP contribution is 2.22. The number of para-hydroxylation sites is 1. The van der Waals surface area contributed by atoms with Gasteiger partial charge in [0, 0.05) is 26.0 Å². The number of nitrogens with one attached hydrogen (secondary N) is 1. The van der Waals surface area contributed by atoms with Crippen molar-refractivity contribution in [2.75, 3.05) is 20.3 Å². The lowest BCUT2D eigenvalue weighted by Gasteiger charge is -2.31. The molecule has 4 rings (SSSR count). The van der Waals surface area contributed by atoms with Crippen LogP contribution in [0.3, 0.4) is 0 Å². The van der Waals surface area contributed by atoms with Gasteiger partial charge in [0.15, 0.2) is 0 Å². The highest BCUT2D eigenvalue weighted by Gasteiger charge is 2.31. The van der Waals surface area contributed by atoms with Gasteiger partial charge in [0.2, 0.25) is 11.8 Å². The number of pyridine rings is 1. The largest absolute Gasteiger partial charge is 0.467 e. The van der Waals surface area contributed by atoms with E-state index in [1.165, 1.54) is 9.58 Å². The maximum atomic E-state index is 13.5. The molecule has 2 amide bonds. The van der Waals surface area contributed by atoms with Crippen molar-refractivity contribution in [2.24, 2.45) is 0 Å². The van der Waals surface area contributed by atoms with Gasteiger partial charge >= 0.3 is 0 Å². The van der Waals surface area contributed by atoms with E-state index in [1.807, 2.05) is 24.3 Å². The zero-order valence-corrected chi connectivity index (χ0v) is 18.1. The number of nitrogens with zero attached hydrogens (tertiary/aromatic N) is 5. The van der Waals surface area contributed by atoms with Crippen LogP contribution in [0.5, 0.6) is 0 Å². The Hall–Kier alpha value is -4.05. The van der Waals surface area contributed by atoms with Gasteiger partial charge in [0.05, 0.1) is 24.9 Å². The summed E-state index contributed by atoms with van der Waals surface area (Å²) in [5, 5.41) is 11.1. The SMILES string of the molecule is COCCN(C(=O)Cn1nnc2ccccc21)C(C(=O)NCc1ccco1)c1ccncc1. The van der Waals surface area contributed by atoms with Crippen molar-refractivity contribution in [2.45, 2.75) is 19.1 Å². The minimum atomic E-state index is -0.889. The predicted molar refractivity (Wildman–Crippen MR) is 119 cm³/mol. The molecular formula is C23H24N6O4. The molecular weight excluding hydrogens is 424 g/mol. The number of ether oxygens (including phenoxy) is 1. The summed E-state index contributed by atoms with van der Waals surface area (Å²) in [6.45, 7) is 0.602. The van der Waals surface area contributed by atoms with Gasteiger partial charge in [-0.2, -0.15) is 0 Å². The van der Waals surface area contributed by atoms with E-state index in [1.54, 1.807) is 50.0 Å². The van der Waals surface area contributed by atoms with Crippen molar-refractivity contribution < 1.29 is 18.7 Å². The first kappa shape index (κ1) is 22.2. The van der Waals surface area contributed by atoms with Gasteiger partial charge in [-0.1, -0.05) is 17.3 Å². The molecule has 0 saturated heterocycles. The van der Waals surface area contributed by atoms with Crippen molar-refractivity contribution in [3.8, 4) is 0 Å². The van der Waals surface area contributed by atoms with Gasteiger partial charge in [-0.05, 0) is 42.0 Å². The Morgan fingerprint density at radius 3 is 2.73 bits per heavy atom. The molecule has 0 fully saturated rings. The lowest BCUT2D eigenvalue weighted by atomic mass is 10.1. The molecule has 0 aliphatic heterocycles. The summed E-state index contributed by atoms with van der Waals surface area (Å²) in [6, 6.07) is 13.5. The number of hydrogen-bond donors (Lipinski definition) is 1. The Kier molecular flexibility index (Phi) is 7.06. The first-order valence-corrected chi connectivity index (χ1v) is 10.4. The molecule has 3 aromatic heterocycles. The standard InChI is InChI=1S/C23H24N6O4/c1-32-14-12-28(21(30)16-29-20-7-3-2-6-19(20)26-27-29)22(17-8-10-24-11-9-17)23(31)25-15-18-5-4-13-33-18/h2-11,13,22H,12,14-16H2,1H3,(H,25,31). The molecule has 0 aliphatic carbocycles. The fraction of sp³-hybridized carbons (Fsp3) is 0.261. The Balaban J connectivity index is 1.61. The first-order chi connectivity index (χ1) is 16.2. The molecule has 0 bridgehead atoms. The molecule has 1 N–H and O–H groups in total. The normalized spacial score (nSPS) is 11.9. The smallest absolute Gasteiger partial charge is 0.247 e. The predicted octanol–water partition coefficient (Wildman–Crippen LogP) is 1.95. The molecule has 0 radical (unpaired) electrons. The van der Waals surface area contributed by atoms with Gasteiger partial charge in [0.25, 0.3) is 0 Å². The van der Waals surface area contributed by atoms with Crippen LogP contribution in [0.15, 0.2) is 71.6 Å². The van der Waals surface area contributed by atoms with E-state index in [9.17, 15) is 9.59 Å². The number of methoxy groups -OCH3 is 1. The van der Waals surface area contributed by atoms with Gasteiger partial charge in [-0.25, -0.2) is 4.68 Å². The number of hydrogen-bond acceptors (Lipinski definition) is 7. The van der Waals surface area contributed by atoms with Gasteiger partial charge in [-0.3, -0.25) is 14.6 Å². The summed E-state index contributed by atoms with van der Waals surface area (Å²) in [5.74, 6) is -0.0242. The third-order valence-corrected chi connectivity index (χ3v) is 5.16. The van der Waals surface area contributed by atoms with Crippen LogP contribution in [0.1, 0.15) is 17.4 Å². The molecule has 1 aromatic carbocycles. The van der Waals surface area contributed by atoms with Crippen molar-refractivity contribution >= 4 is 22.8 Å². The molecule has 10 heteroatoms. The number of rotatable bonds is 10. The van der Waals surface area contributed by atoms with Crippen LogP contribution < -0.4 is 5.32 Å². The number of fused-ring (bicyclic) bond motifs is 1. The number of carbonyl (C=O) groups excluding carboxylic acids is 2. The molecule has 0 saturated carbocycles. The zero-order valence-electron chi connectivity index (χ0n) is 18.1. The van der Waals surface area contributed by atoms with Gasteiger partial charge in [0.1, 0.15) is 23.9 Å². The average molecular weight is 448 g/mol. The molecule has 0 spiro atoms. The fourth-order valence-corrected chi connectivity index (χ4v) is 3.54. The van der Waals surface area contributed by atoms with E-state index in [0.29, 0.717) is 16.8 Å². The van der Waals surface area contributed by atoms with Crippen molar-refractivity contribution in [3.05, 3.63) is 78.5 Å². The minimum Gasteiger partial charge on any atom is -0.467 e. The summed E-state index contributed by atoms with van der Waals surface area (Å²) >= 11 is 0. The molecule has 170 valence electrons. The van der Waals surface area contributed by atoms with Crippen LogP contribution in [0.2, 0.25) is 0 Å². The number of benzene rings is 1. The Morgan fingerprint density at radius 2 is 1.97 bits per heavy atom. The third-order valence-electron chi connectivity index (χ3n) is 5.16. The summed E-state index contributed by atoms with van der Waals surface area (Å²) in [5.41, 5.74) is 2.06. The summed E-state index contributed by atoms with van der Waals surface area (Å²) in [7, 11) is 1.55. The lowest BCUT2D eigenvalue weighted by Crippen LogP contribution is -2.46. The van der Waals surface area contributed by atoms with Crippen LogP contribution in [0.25, 0.3) is 11.0 Å². The zero-order chi connectivity index (χ0) is 23.0. The Labute approximate surface area is 190 Å². The average Bonchev–Trinajstić information content (AvgIpc) is 3.51. The Morgan fingerprint density at radius 1 is 1.15 bits per heavy atom. The molecule has 1 unspecified atom stereocenters. The second kappa shape index (κ2) is 10.5. The van der Waals surface area contributed by atoms with Crippen molar-refractivity contribution in [3.63, 3.8) is 0 Å². The summed E-state index contributed by atoms with van der Waals surface area (Å²) < 4.78 is 12.1. The monoisotopic (exact) mass is 448 g/mol.